The number of amides is 2. The summed E-state index contributed by atoms with van der Waals surface area (Å²) in [4.78, 5) is 26.5. The minimum atomic E-state index is -0.618. The van der Waals surface area contributed by atoms with Crippen LogP contribution in [0.5, 0.6) is 0 Å². The largest absolute Gasteiger partial charge is 0.343 e. The summed E-state index contributed by atoms with van der Waals surface area (Å²) in [7, 11) is 0. The lowest BCUT2D eigenvalue weighted by atomic mass is 10.0. The number of nitrogens with one attached hydrogen (secondary N) is 2. The summed E-state index contributed by atoms with van der Waals surface area (Å²) in [5, 5.41) is 5.98. The van der Waals surface area contributed by atoms with E-state index in [4.69, 9.17) is 5.73 Å². The van der Waals surface area contributed by atoms with E-state index in [0.29, 0.717) is 31.5 Å². The van der Waals surface area contributed by atoms with Crippen molar-refractivity contribution in [3.8, 4) is 0 Å². The third-order valence-corrected chi connectivity index (χ3v) is 5.04. The van der Waals surface area contributed by atoms with Crippen molar-refractivity contribution < 1.29 is 18.4 Å². The third-order valence-electron chi connectivity index (χ3n) is 5.04. The van der Waals surface area contributed by atoms with Crippen LogP contribution in [-0.4, -0.2) is 47.9 Å². The van der Waals surface area contributed by atoms with E-state index in [9.17, 15) is 18.4 Å². The van der Waals surface area contributed by atoms with Gasteiger partial charge in [0.15, 0.2) is 0 Å². The molecular formula is C18H24F2N4O2. The second-order valence-electron chi connectivity index (χ2n) is 6.90. The maximum absolute atomic E-state index is 13.7. The van der Waals surface area contributed by atoms with Gasteiger partial charge < -0.3 is 21.3 Å². The van der Waals surface area contributed by atoms with Gasteiger partial charge in [-0.25, -0.2) is 8.78 Å². The highest BCUT2D eigenvalue weighted by Gasteiger charge is 2.45. The second-order valence-corrected chi connectivity index (χ2v) is 6.90. The zero-order valence-electron chi connectivity index (χ0n) is 14.5. The van der Waals surface area contributed by atoms with Crippen LogP contribution in [0.4, 0.5) is 8.78 Å². The number of nitrogens with two attached hydrogens (primary N) is 1. The Morgan fingerprint density at radius 3 is 2.81 bits per heavy atom. The van der Waals surface area contributed by atoms with E-state index in [0.717, 1.165) is 18.9 Å². The van der Waals surface area contributed by atoms with Crippen LogP contribution in [0.2, 0.25) is 0 Å². The van der Waals surface area contributed by atoms with Gasteiger partial charge in [-0.05, 0) is 38.3 Å². The minimum Gasteiger partial charge on any atom is -0.343 e. The molecule has 8 heteroatoms. The molecule has 0 unspecified atom stereocenters. The maximum atomic E-state index is 13.7. The van der Waals surface area contributed by atoms with E-state index < -0.39 is 23.7 Å². The van der Waals surface area contributed by atoms with Gasteiger partial charge in [0.1, 0.15) is 23.7 Å². The number of halogens is 2. The van der Waals surface area contributed by atoms with Crippen LogP contribution in [0.15, 0.2) is 18.2 Å². The molecule has 4 N–H and O–H groups in total. The summed E-state index contributed by atoms with van der Waals surface area (Å²) in [6, 6.07) is 2.37. The Balaban J connectivity index is 1.57. The van der Waals surface area contributed by atoms with Crippen LogP contribution in [0.1, 0.15) is 31.2 Å². The molecule has 0 aliphatic carbocycles. The number of unbranched alkanes of at least 4 members (excludes halogenated alkanes) is 1. The summed E-state index contributed by atoms with van der Waals surface area (Å²) in [6.45, 7) is 1.19. The van der Waals surface area contributed by atoms with Crippen molar-refractivity contribution in [2.24, 2.45) is 5.73 Å². The highest BCUT2D eigenvalue weighted by molar-refractivity contribution is 5.97. The Morgan fingerprint density at radius 1 is 1.27 bits per heavy atom. The van der Waals surface area contributed by atoms with Crippen LogP contribution < -0.4 is 16.4 Å². The number of rotatable bonds is 7. The molecule has 2 fully saturated rings. The molecule has 6 nitrogen and oxygen atoms in total. The molecule has 1 aromatic carbocycles. The SMILES string of the molecule is NCCCC[C@@H]1NC(=O)[C@@H]2C[C@H](NCc3ccc(F)cc3F)CN2C1=O. The predicted molar refractivity (Wildman–Crippen MR) is 91.9 cm³/mol. The summed E-state index contributed by atoms with van der Waals surface area (Å²) in [5.74, 6) is -1.43. The topological polar surface area (TPSA) is 87.5 Å². The Hall–Kier alpha value is -2.06. The van der Waals surface area contributed by atoms with Crippen molar-refractivity contribution in [3.63, 3.8) is 0 Å². The lowest BCUT2D eigenvalue weighted by molar-refractivity contribution is -0.147. The molecule has 2 aliphatic rings. The highest BCUT2D eigenvalue weighted by atomic mass is 19.1. The Bertz CT molecular complexity index is 685. The van der Waals surface area contributed by atoms with E-state index in [1.807, 2.05) is 0 Å². The molecule has 2 heterocycles. The fourth-order valence-electron chi connectivity index (χ4n) is 3.61. The van der Waals surface area contributed by atoms with Gasteiger partial charge in [0.2, 0.25) is 11.8 Å². The molecule has 26 heavy (non-hydrogen) atoms. The molecule has 2 aliphatic heterocycles. The van der Waals surface area contributed by atoms with Gasteiger partial charge in [0.25, 0.3) is 0 Å². The summed E-state index contributed by atoms with van der Waals surface area (Å²) < 4.78 is 26.7. The maximum Gasteiger partial charge on any atom is 0.245 e. The van der Waals surface area contributed by atoms with Crippen LogP contribution in [0, 0.1) is 11.6 Å². The molecular weight excluding hydrogens is 342 g/mol. The van der Waals surface area contributed by atoms with Crippen molar-refractivity contribution in [3.05, 3.63) is 35.4 Å². The van der Waals surface area contributed by atoms with Gasteiger partial charge in [-0.2, -0.15) is 0 Å². The van der Waals surface area contributed by atoms with Crippen LogP contribution in [0.3, 0.4) is 0 Å². The quantitative estimate of drug-likeness (QED) is 0.619. The Labute approximate surface area is 151 Å². The molecule has 1 aromatic rings. The molecule has 2 amide bonds. The molecule has 0 bridgehead atoms. The molecule has 2 saturated heterocycles. The van der Waals surface area contributed by atoms with Crippen LogP contribution in [0.25, 0.3) is 0 Å². The van der Waals surface area contributed by atoms with E-state index in [2.05, 4.69) is 10.6 Å². The van der Waals surface area contributed by atoms with Crippen molar-refractivity contribution in [1.29, 1.82) is 0 Å². The van der Waals surface area contributed by atoms with Crippen molar-refractivity contribution in [1.82, 2.24) is 15.5 Å². The smallest absolute Gasteiger partial charge is 0.245 e. The van der Waals surface area contributed by atoms with Gasteiger partial charge >= 0.3 is 0 Å². The van der Waals surface area contributed by atoms with E-state index >= 15 is 0 Å². The predicted octanol–water partition coefficient (Wildman–Crippen LogP) is 0.651. The first-order chi connectivity index (χ1) is 12.5. The molecule has 3 rings (SSSR count). The zero-order chi connectivity index (χ0) is 18.7. The number of carbonyl (C=O) groups excluding carboxylic acids is 2. The first-order valence-electron chi connectivity index (χ1n) is 8.98. The minimum absolute atomic E-state index is 0.0658. The molecule has 0 spiro atoms. The normalized spacial score (nSPS) is 25.3. The number of carbonyl (C=O) groups is 2. The van der Waals surface area contributed by atoms with E-state index in [-0.39, 0.29) is 24.4 Å². The standard InChI is InChI=1S/C18H24F2N4O2/c19-12-5-4-11(14(20)7-12)9-22-13-8-16-17(25)23-15(3-1-2-6-21)18(26)24(16)10-13/h4-5,7,13,15-16,22H,1-3,6,8-10,21H2,(H,23,25)/t13-,15-,16-/m0/s1. The number of benzene rings is 1. The van der Waals surface area contributed by atoms with Gasteiger partial charge in [-0.3, -0.25) is 9.59 Å². The van der Waals surface area contributed by atoms with Gasteiger partial charge in [-0.15, -0.1) is 0 Å². The summed E-state index contributed by atoms with van der Waals surface area (Å²) in [5.41, 5.74) is 5.82. The number of nitrogens with zero attached hydrogens (tertiary/aromatic N) is 1. The number of piperazine rings is 1. The molecule has 0 aromatic heterocycles. The third kappa shape index (κ3) is 4.02. The van der Waals surface area contributed by atoms with E-state index in [1.165, 1.54) is 12.1 Å². The van der Waals surface area contributed by atoms with Gasteiger partial charge in [0, 0.05) is 30.8 Å². The van der Waals surface area contributed by atoms with Crippen LogP contribution >= 0.6 is 0 Å². The van der Waals surface area contributed by atoms with Gasteiger partial charge in [-0.1, -0.05) is 6.07 Å². The highest BCUT2D eigenvalue weighted by Crippen LogP contribution is 2.24. The average molecular weight is 366 g/mol. The fraction of sp³-hybridized carbons (Fsp3) is 0.556. The molecule has 142 valence electrons. The summed E-state index contributed by atoms with van der Waals surface area (Å²) >= 11 is 0. The Morgan fingerprint density at radius 2 is 2.08 bits per heavy atom. The lowest BCUT2D eigenvalue weighted by Crippen LogP contribution is -2.61. The average Bonchev–Trinajstić information content (AvgIpc) is 3.04. The first-order valence-corrected chi connectivity index (χ1v) is 8.98. The molecule has 0 saturated carbocycles. The number of hydrogen-bond acceptors (Lipinski definition) is 4. The van der Waals surface area contributed by atoms with Crippen molar-refractivity contribution in [2.75, 3.05) is 13.1 Å². The fourth-order valence-corrected chi connectivity index (χ4v) is 3.61. The molecule has 0 radical (unpaired) electrons. The van der Waals surface area contributed by atoms with Crippen molar-refractivity contribution >= 4 is 11.8 Å². The number of fused-ring (bicyclic) bond motifs is 1. The second kappa shape index (κ2) is 8.09. The zero-order valence-corrected chi connectivity index (χ0v) is 14.5. The number of hydrogen-bond donors (Lipinski definition) is 3. The van der Waals surface area contributed by atoms with Crippen LogP contribution in [-0.2, 0) is 16.1 Å². The first kappa shape index (κ1) is 18.7. The van der Waals surface area contributed by atoms with Crippen molar-refractivity contribution in [2.45, 2.75) is 50.4 Å². The lowest BCUT2D eigenvalue weighted by Gasteiger charge is -2.34. The summed E-state index contributed by atoms with van der Waals surface area (Å²) in [6.07, 6.45) is 2.67. The monoisotopic (exact) mass is 366 g/mol. The molecule has 3 atom stereocenters. The van der Waals surface area contributed by atoms with Gasteiger partial charge in [0.05, 0.1) is 0 Å². The van der Waals surface area contributed by atoms with E-state index in [1.54, 1.807) is 4.90 Å². The Kier molecular flexibility index (Phi) is 5.83.